The first-order valence-corrected chi connectivity index (χ1v) is 10.3. The van der Waals surface area contributed by atoms with E-state index in [4.69, 9.17) is 0 Å². The Hall–Kier alpha value is -3.08. The van der Waals surface area contributed by atoms with E-state index in [1.165, 1.54) is 16.8 Å². The second kappa shape index (κ2) is 8.52. The van der Waals surface area contributed by atoms with E-state index in [0.29, 0.717) is 13.0 Å². The summed E-state index contributed by atoms with van der Waals surface area (Å²) < 4.78 is 2.07. The van der Waals surface area contributed by atoms with Gasteiger partial charge in [-0.1, -0.05) is 42.5 Å². The molecular weight excluding hydrogens is 360 g/mol. The van der Waals surface area contributed by atoms with Crippen molar-refractivity contribution in [3.8, 4) is 11.4 Å². The maximum atomic E-state index is 12.8. The van der Waals surface area contributed by atoms with Crippen molar-refractivity contribution in [3.05, 3.63) is 72.1 Å². The smallest absolute Gasteiger partial charge is 0.224 e. The van der Waals surface area contributed by atoms with Crippen LogP contribution in [0.3, 0.4) is 0 Å². The fraction of sp³-hybridized carbons (Fsp3) is 0.333. The number of hydrogen-bond acceptors (Lipinski definition) is 3. The van der Waals surface area contributed by atoms with Crippen molar-refractivity contribution in [3.63, 3.8) is 0 Å². The van der Waals surface area contributed by atoms with Gasteiger partial charge in [0.25, 0.3) is 0 Å². The van der Waals surface area contributed by atoms with Crippen molar-refractivity contribution < 1.29 is 4.79 Å². The molecule has 0 bridgehead atoms. The van der Waals surface area contributed by atoms with E-state index in [-0.39, 0.29) is 5.91 Å². The summed E-state index contributed by atoms with van der Waals surface area (Å²) in [5.74, 6) is 1.14. The van der Waals surface area contributed by atoms with E-state index in [9.17, 15) is 4.79 Å². The van der Waals surface area contributed by atoms with Crippen LogP contribution in [0.4, 0.5) is 5.69 Å². The minimum Gasteiger partial charge on any atom is -0.368 e. The third-order valence-corrected chi connectivity index (χ3v) is 5.86. The monoisotopic (exact) mass is 388 g/mol. The summed E-state index contributed by atoms with van der Waals surface area (Å²) >= 11 is 0. The number of amides is 1. The Bertz CT molecular complexity index is 972. The molecule has 1 amide bonds. The van der Waals surface area contributed by atoms with Crippen molar-refractivity contribution in [2.75, 3.05) is 31.1 Å². The van der Waals surface area contributed by atoms with E-state index in [0.717, 1.165) is 37.6 Å². The predicted molar refractivity (Wildman–Crippen MR) is 117 cm³/mol. The number of hydrogen-bond donors (Lipinski definition) is 0. The average molecular weight is 389 g/mol. The Kier molecular flexibility index (Phi) is 5.65. The van der Waals surface area contributed by atoms with E-state index in [1.807, 2.05) is 41.4 Å². The molecule has 0 saturated carbocycles. The highest BCUT2D eigenvalue weighted by atomic mass is 16.2. The number of rotatable bonds is 5. The van der Waals surface area contributed by atoms with Gasteiger partial charge in [0, 0.05) is 62.8 Å². The topological polar surface area (TPSA) is 41.4 Å². The number of carbonyl (C=O) groups is 1. The Balaban J connectivity index is 1.33. The zero-order valence-electron chi connectivity index (χ0n) is 17.2. The van der Waals surface area contributed by atoms with Gasteiger partial charge < -0.3 is 14.4 Å². The molecule has 4 rings (SSSR count). The summed E-state index contributed by atoms with van der Waals surface area (Å²) in [6, 6.07) is 16.6. The number of piperazine rings is 1. The molecule has 0 unspecified atom stereocenters. The molecule has 0 spiro atoms. The standard InChI is InChI=1S/C24H28N4O/c1-19-7-6-10-22(20(19)2)26-15-17-27(18-16-26)23(29)11-13-28-14-12-25-24(28)21-8-4-3-5-9-21/h3-10,12,14H,11,13,15-18H2,1-2H3. The third kappa shape index (κ3) is 4.19. The van der Waals surface area contributed by atoms with Gasteiger partial charge in [-0.2, -0.15) is 0 Å². The van der Waals surface area contributed by atoms with Gasteiger partial charge in [-0.05, 0) is 31.0 Å². The molecule has 1 fully saturated rings. The molecule has 2 aromatic carbocycles. The molecule has 0 atom stereocenters. The van der Waals surface area contributed by atoms with Crippen LogP contribution in [0.15, 0.2) is 60.9 Å². The maximum Gasteiger partial charge on any atom is 0.224 e. The van der Waals surface area contributed by atoms with Gasteiger partial charge in [0.05, 0.1) is 0 Å². The summed E-state index contributed by atoms with van der Waals surface area (Å²) in [6.07, 6.45) is 4.25. The first-order valence-electron chi connectivity index (χ1n) is 10.3. The van der Waals surface area contributed by atoms with Crippen molar-refractivity contribution >= 4 is 11.6 Å². The minimum absolute atomic E-state index is 0.221. The molecule has 150 valence electrons. The number of imidazole rings is 1. The lowest BCUT2D eigenvalue weighted by atomic mass is 10.1. The third-order valence-electron chi connectivity index (χ3n) is 5.86. The van der Waals surface area contributed by atoms with Gasteiger partial charge in [-0.25, -0.2) is 4.98 Å². The Morgan fingerprint density at radius 3 is 2.48 bits per heavy atom. The second-order valence-corrected chi connectivity index (χ2v) is 7.65. The van der Waals surface area contributed by atoms with E-state index in [1.54, 1.807) is 6.20 Å². The second-order valence-electron chi connectivity index (χ2n) is 7.65. The van der Waals surface area contributed by atoms with Crippen molar-refractivity contribution in [2.24, 2.45) is 0 Å². The van der Waals surface area contributed by atoms with Crippen LogP contribution < -0.4 is 4.90 Å². The van der Waals surface area contributed by atoms with E-state index in [2.05, 4.69) is 46.5 Å². The van der Waals surface area contributed by atoms with E-state index >= 15 is 0 Å². The molecule has 2 heterocycles. The normalized spacial score (nSPS) is 14.3. The van der Waals surface area contributed by atoms with Crippen LogP contribution >= 0.6 is 0 Å². The molecule has 1 aliphatic heterocycles. The SMILES string of the molecule is Cc1cccc(N2CCN(C(=O)CCn3ccnc3-c3ccccc3)CC2)c1C. The summed E-state index contributed by atoms with van der Waals surface area (Å²) in [7, 11) is 0. The highest BCUT2D eigenvalue weighted by Gasteiger charge is 2.22. The fourth-order valence-electron chi connectivity index (χ4n) is 3.99. The van der Waals surface area contributed by atoms with Gasteiger partial charge in [0.1, 0.15) is 5.82 Å². The number of nitrogens with zero attached hydrogens (tertiary/aromatic N) is 4. The van der Waals surface area contributed by atoms with Crippen LogP contribution in [-0.2, 0) is 11.3 Å². The summed E-state index contributed by atoms with van der Waals surface area (Å²) in [5, 5.41) is 0. The van der Waals surface area contributed by atoms with Gasteiger partial charge in [-0.3, -0.25) is 4.79 Å². The van der Waals surface area contributed by atoms with Crippen molar-refractivity contribution in [1.29, 1.82) is 0 Å². The first kappa shape index (κ1) is 19.2. The van der Waals surface area contributed by atoms with Crippen LogP contribution in [-0.4, -0.2) is 46.5 Å². The molecule has 5 heteroatoms. The molecule has 5 nitrogen and oxygen atoms in total. The largest absolute Gasteiger partial charge is 0.368 e. The number of benzene rings is 2. The van der Waals surface area contributed by atoms with Crippen LogP contribution in [0.1, 0.15) is 17.5 Å². The number of anilines is 1. The first-order chi connectivity index (χ1) is 14.1. The lowest BCUT2D eigenvalue weighted by Crippen LogP contribution is -2.49. The van der Waals surface area contributed by atoms with Crippen LogP contribution in [0, 0.1) is 13.8 Å². The summed E-state index contributed by atoms with van der Waals surface area (Å²) in [5.41, 5.74) is 5.02. The van der Waals surface area contributed by atoms with Gasteiger partial charge in [0.2, 0.25) is 5.91 Å². The number of carbonyl (C=O) groups excluding carboxylic acids is 1. The summed E-state index contributed by atoms with van der Waals surface area (Å²) in [6.45, 7) is 8.31. The van der Waals surface area contributed by atoms with Crippen LogP contribution in [0.2, 0.25) is 0 Å². The molecule has 1 aliphatic rings. The quantitative estimate of drug-likeness (QED) is 0.666. The average Bonchev–Trinajstić information content (AvgIpc) is 3.23. The lowest BCUT2D eigenvalue weighted by molar-refractivity contribution is -0.131. The summed E-state index contributed by atoms with van der Waals surface area (Å²) in [4.78, 5) is 21.6. The minimum atomic E-state index is 0.221. The zero-order chi connectivity index (χ0) is 20.2. The van der Waals surface area contributed by atoms with Crippen molar-refractivity contribution in [2.45, 2.75) is 26.8 Å². The molecule has 1 aromatic heterocycles. The Morgan fingerprint density at radius 1 is 0.966 bits per heavy atom. The Labute approximate surface area is 172 Å². The number of aromatic nitrogens is 2. The van der Waals surface area contributed by atoms with Gasteiger partial charge >= 0.3 is 0 Å². The highest BCUT2D eigenvalue weighted by Crippen LogP contribution is 2.24. The molecule has 29 heavy (non-hydrogen) atoms. The molecule has 1 saturated heterocycles. The number of aryl methyl sites for hydroxylation is 2. The van der Waals surface area contributed by atoms with Crippen molar-refractivity contribution in [1.82, 2.24) is 14.5 Å². The maximum absolute atomic E-state index is 12.8. The zero-order valence-corrected chi connectivity index (χ0v) is 17.2. The highest BCUT2D eigenvalue weighted by molar-refractivity contribution is 5.76. The van der Waals surface area contributed by atoms with Crippen LogP contribution in [0.5, 0.6) is 0 Å². The molecule has 0 aliphatic carbocycles. The molecule has 3 aromatic rings. The molecular formula is C24H28N4O. The predicted octanol–water partition coefficient (Wildman–Crippen LogP) is 3.91. The van der Waals surface area contributed by atoms with Gasteiger partial charge in [0.15, 0.2) is 0 Å². The fourth-order valence-corrected chi connectivity index (χ4v) is 3.99. The van der Waals surface area contributed by atoms with Gasteiger partial charge in [-0.15, -0.1) is 0 Å². The van der Waals surface area contributed by atoms with E-state index < -0.39 is 0 Å². The molecule has 0 radical (unpaired) electrons. The Morgan fingerprint density at radius 2 is 1.72 bits per heavy atom. The van der Waals surface area contributed by atoms with Crippen LogP contribution in [0.25, 0.3) is 11.4 Å². The lowest BCUT2D eigenvalue weighted by Gasteiger charge is -2.37. The molecule has 0 N–H and O–H groups in total.